The van der Waals surface area contributed by atoms with Gasteiger partial charge in [-0.3, -0.25) is 0 Å². The summed E-state index contributed by atoms with van der Waals surface area (Å²) in [6.07, 6.45) is 5.43. The Hall–Kier alpha value is 0.270. The molecule has 2 aliphatic rings. The first kappa shape index (κ1) is 10.8. The highest BCUT2D eigenvalue weighted by Gasteiger charge is 2.21. The zero-order valence-electron chi connectivity index (χ0n) is 9.09. The highest BCUT2D eigenvalue weighted by Crippen LogP contribution is 2.18. The molecule has 14 heavy (non-hydrogen) atoms. The third kappa shape index (κ3) is 3.14. The normalized spacial score (nSPS) is 35.8. The van der Waals surface area contributed by atoms with Gasteiger partial charge in [0.2, 0.25) is 0 Å². The summed E-state index contributed by atoms with van der Waals surface area (Å²) in [6, 6.07) is 2.27. The molecule has 2 nitrogen and oxygen atoms in total. The van der Waals surface area contributed by atoms with Crippen molar-refractivity contribution < 1.29 is 0 Å². The highest BCUT2D eigenvalue weighted by molar-refractivity contribution is 7.99. The molecule has 2 unspecified atom stereocenters. The molecule has 0 radical (unpaired) electrons. The van der Waals surface area contributed by atoms with E-state index in [0.717, 1.165) is 18.1 Å². The van der Waals surface area contributed by atoms with E-state index in [4.69, 9.17) is 0 Å². The molecule has 0 bridgehead atoms. The Morgan fingerprint density at radius 2 is 1.86 bits per heavy atom. The summed E-state index contributed by atoms with van der Waals surface area (Å²) in [7, 11) is 0. The van der Waals surface area contributed by atoms with Gasteiger partial charge < -0.3 is 10.6 Å². The predicted octanol–water partition coefficient (Wildman–Crippen LogP) is 1.61. The van der Waals surface area contributed by atoms with Gasteiger partial charge >= 0.3 is 0 Å². The van der Waals surface area contributed by atoms with Gasteiger partial charge in [0.15, 0.2) is 0 Å². The minimum atomic E-state index is 0.731. The Bertz CT molecular complexity index is 161. The van der Waals surface area contributed by atoms with Crippen LogP contribution < -0.4 is 10.6 Å². The minimum Gasteiger partial charge on any atom is -0.313 e. The fraction of sp³-hybridized carbons (Fsp3) is 1.00. The molecule has 0 aromatic carbocycles. The molecule has 0 amide bonds. The summed E-state index contributed by atoms with van der Waals surface area (Å²) in [4.78, 5) is 0. The number of nitrogens with one attached hydrogen (secondary N) is 2. The van der Waals surface area contributed by atoms with Gasteiger partial charge in [0.1, 0.15) is 0 Å². The summed E-state index contributed by atoms with van der Waals surface area (Å²) in [5, 5.41) is 7.36. The largest absolute Gasteiger partial charge is 0.313 e. The Labute approximate surface area is 91.6 Å². The molecule has 2 heterocycles. The quantitative estimate of drug-likeness (QED) is 0.730. The molecule has 2 aliphatic heterocycles. The number of hydrogen-bond acceptors (Lipinski definition) is 3. The lowest BCUT2D eigenvalue weighted by atomic mass is 10.0. The van der Waals surface area contributed by atoms with Crippen LogP contribution in [0.4, 0.5) is 0 Å². The van der Waals surface area contributed by atoms with Gasteiger partial charge in [-0.1, -0.05) is 0 Å². The monoisotopic (exact) mass is 214 g/mol. The van der Waals surface area contributed by atoms with Crippen LogP contribution in [0.1, 0.15) is 32.6 Å². The van der Waals surface area contributed by atoms with Crippen molar-refractivity contribution in [3.05, 3.63) is 0 Å². The average molecular weight is 214 g/mol. The van der Waals surface area contributed by atoms with Crippen LogP contribution in [0.3, 0.4) is 0 Å². The van der Waals surface area contributed by atoms with E-state index in [1.807, 2.05) is 0 Å². The van der Waals surface area contributed by atoms with Crippen LogP contribution in [0, 0.1) is 0 Å². The summed E-state index contributed by atoms with van der Waals surface area (Å²) in [5.74, 6) is 2.71. The van der Waals surface area contributed by atoms with E-state index in [1.165, 1.54) is 43.7 Å². The third-order valence-corrected chi connectivity index (χ3v) is 4.40. The first-order chi connectivity index (χ1) is 6.84. The molecule has 0 saturated carbocycles. The van der Waals surface area contributed by atoms with E-state index in [2.05, 4.69) is 29.3 Å². The molecule has 2 N–H and O–H groups in total. The molecule has 0 aromatic rings. The lowest BCUT2D eigenvalue weighted by Gasteiger charge is -2.33. The SMILES string of the molecule is CC1CCC(NC2CCSCC2)CN1. The van der Waals surface area contributed by atoms with E-state index in [1.54, 1.807) is 0 Å². The lowest BCUT2D eigenvalue weighted by molar-refractivity contribution is 0.306. The standard InChI is InChI=1S/C11H22N2S/c1-9-2-3-11(8-12-9)13-10-4-6-14-7-5-10/h9-13H,2-8H2,1H3. The van der Waals surface area contributed by atoms with Gasteiger partial charge in [0.05, 0.1) is 0 Å². The fourth-order valence-electron chi connectivity index (χ4n) is 2.34. The zero-order valence-corrected chi connectivity index (χ0v) is 9.91. The Morgan fingerprint density at radius 1 is 1.07 bits per heavy atom. The van der Waals surface area contributed by atoms with Crippen molar-refractivity contribution in [2.75, 3.05) is 18.1 Å². The summed E-state index contributed by atoms with van der Waals surface area (Å²) in [6.45, 7) is 3.46. The second-order valence-electron chi connectivity index (χ2n) is 4.64. The minimum absolute atomic E-state index is 0.731. The van der Waals surface area contributed by atoms with Gasteiger partial charge in [-0.2, -0.15) is 11.8 Å². The van der Waals surface area contributed by atoms with Crippen molar-refractivity contribution in [1.82, 2.24) is 10.6 Å². The van der Waals surface area contributed by atoms with Crippen LogP contribution in [0.15, 0.2) is 0 Å². The first-order valence-corrected chi connectivity index (χ1v) is 7.07. The van der Waals surface area contributed by atoms with Crippen LogP contribution in [-0.4, -0.2) is 36.2 Å². The van der Waals surface area contributed by atoms with Crippen molar-refractivity contribution in [3.63, 3.8) is 0 Å². The van der Waals surface area contributed by atoms with E-state index in [0.29, 0.717) is 0 Å². The molecule has 0 aliphatic carbocycles. The van der Waals surface area contributed by atoms with Crippen LogP contribution >= 0.6 is 11.8 Å². The van der Waals surface area contributed by atoms with Crippen molar-refractivity contribution in [3.8, 4) is 0 Å². The molecular formula is C11H22N2S. The maximum atomic E-state index is 3.80. The number of rotatable bonds is 2. The van der Waals surface area contributed by atoms with E-state index < -0.39 is 0 Å². The molecule has 2 fully saturated rings. The Morgan fingerprint density at radius 3 is 2.50 bits per heavy atom. The zero-order chi connectivity index (χ0) is 9.80. The lowest BCUT2D eigenvalue weighted by Crippen LogP contribution is -2.50. The number of piperidine rings is 1. The van der Waals surface area contributed by atoms with Crippen LogP contribution in [0.5, 0.6) is 0 Å². The van der Waals surface area contributed by atoms with Crippen molar-refractivity contribution in [2.24, 2.45) is 0 Å². The maximum Gasteiger partial charge on any atom is 0.0195 e. The third-order valence-electron chi connectivity index (χ3n) is 3.35. The molecule has 0 aromatic heterocycles. The van der Waals surface area contributed by atoms with Crippen LogP contribution in [0.25, 0.3) is 0 Å². The average Bonchev–Trinajstić information content (AvgIpc) is 2.23. The second-order valence-corrected chi connectivity index (χ2v) is 5.86. The van der Waals surface area contributed by atoms with Gasteiger partial charge in [-0.25, -0.2) is 0 Å². The van der Waals surface area contributed by atoms with Crippen LogP contribution in [0.2, 0.25) is 0 Å². The Balaban J connectivity index is 1.68. The second kappa shape index (κ2) is 5.38. The molecule has 82 valence electrons. The maximum absolute atomic E-state index is 3.80. The highest BCUT2D eigenvalue weighted by atomic mass is 32.2. The van der Waals surface area contributed by atoms with Crippen molar-refractivity contribution in [2.45, 2.75) is 50.7 Å². The van der Waals surface area contributed by atoms with Crippen LogP contribution in [-0.2, 0) is 0 Å². The molecule has 0 spiro atoms. The van der Waals surface area contributed by atoms with E-state index in [9.17, 15) is 0 Å². The van der Waals surface area contributed by atoms with Crippen molar-refractivity contribution in [1.29, 1.82) is 0 Å². The predicted molar refractivity (Wildman–Crippen MR) is 64.0 cm³/mol. The molecule has 2 rings (SSSR count). The number of thioether (sulfide) groups is 1. The Kier molecular flexibility index (Phi) is 4.14. The fourth-order valence-corrected chi connectivity index (χ4v) is 3.45. The van der Waals surface area contributed by atoms with E-state index >= 15 is 0 Å². The topological polar surface area (TPSA) is 24.1 Å². The molecular weight excluding hydrogens is 192 g/mol. The van der Waals surface area contributed by atoms with Gasteiger partial charge in [0.25, 0.3) is 0 Å². The van der Waals surface area contributed by atoms with Crippen molar-refractivity contribution >= 4 is 11.8 Å². The van der Waals surface area contributed by atoms with E-state index in [-0.39, 0.29) is 0 Å². The summed E-state index contributed by atoms with van der Waals surface area (Å²) < 4.78 is 0. The molecule has 3 heteroatoms. The first-order valence-electron chi connectivity index (χ1n) is 5.92. The smallest absolute Gasteiger partial charge is 0.0195 e. The van der Waals surface area contributed by atoms with Gasteiger partial charge in [-0.15, -0.1) is 0 Å². The van der Waals surface area contributed by atoms with Gasteiger partial charge in [0, 0.05) is 24.7 Å². The number of hydrogen-bond donors (Lipinski definition) is 2. The summed E-state index contributed by atoms with van der Waals surface area (Å²) >= 11 is 2.11. The van der Waals surface area contributed by atoms with Gasteiger partial charge in [-0.05, 0) is 44.1 Å². The summed E-state index contributed by atoms with van der Waals surface area (Å²) in [5.41, 5.74) is 0. The molecule has 2 atom stereocenters. The molecule has 2 saturated heterocycles.